The van der Waals surface area contributed by atoms with Crippen molar-refractivity contribution in [3.63, 3.8) is 0 Å². The van der Waals surface area contributed by atoms with E-state index in [4.69, 9.17) is 0 Å². The molecule has 19 heavy (non-hydrogen) atoms. The molecule has 0 bridgehead atoms. The van der Waals surface area contributed by atoms with E-state index in [0.717, 1.165) is 11.3 Å². The van der Waals surface area contributed by atoms with Crippen LogP contribution in [0.15, 0.2) is 24.9 Å². The van der Waals surface area contributed by atoms with Crippen LogP contribution in [0.3, 0.4) is 0 Å². The third-order valence-electron chi connectivity index (χ3n) is 2.70. The Bertz CT molecular complexity index is 421. The summed E-state index contributed by atoms with van der Waals surface area (Å²) in [4.78, 5) is 26.7. The highest BCUT2D eigenvalue weighted by atomic mass is 16.1. The van der Waals surface area contributed by atoms with Gasteiger partial charge in [0.1, 0.15) is 11.6 Å². The molecule has 1 rings (SSSR count). The molecule has 0 saturated heterocycles. The average Bonchev–Trinajstić information content (AvgIpc) is 2.41. The summed E-state index contributed by atoms with van der Waals surface area (Å²) in [6.07, 6.45) is 4.32. The second-order valence-corrected chi connectivity index (χ2v) is 4.12. The van der Waals surface area contributed by atoms with Crippen LogP contribution in [0.2, 0.25) is 0 Å². The molecule has 0 N–H and O–H groups in total. The number of carbonyl (C=O) groups is 2. The van der Waals surface area contributed by atoms with E-state index in [9.17, 15) is 9.59 Å². The van der Waals surface area contributed by atoms with Crippen molar-refractivity contribution in [1.29, 1.82) is 0 Å². The van der Waals surface area contributed by atoms with Crippen LogP contribution in [-0.4, -0.2) is 16.6 Å². The second kappa shape index (κ2) is 9.20. The zero-order valence-electron chi connectivity index (χ0n) is 12.3. The molecule has 0 amide bonds. The molecule has 1 heterocycles. The lowest BCUT2D eigenvalue weighted by molar-refractivity contribution is -0.119. The maximum absolute atomic E-state index is 11.6. The zero-order chi connectivity index (χ0) is 14.8. The molecule has 0 aliphatic rings. The van der Waals surface area contributed by atoms with Gasteiger partial charge in [-0.3, -0.25) is 9.78 Å². The normalized spacial score (nSPS) is 10.9. The molecule has 1 aromatic rings. The fraction of sp³-hybridized carbons (Fsp3) is 0.438. The van der Waals surface area contributed by atoms with E-state index in [2.05, 4.69) is 11.6 Å². The van der Waals surface area contributed by atoms with E-state index >= 15 is 0 Å². The van der Waals surface area contributed by atoms with Crippen molar-refractivity contribution < 1.29 is 9.59 Å². The summed E-state index contributed by atoms with van der Waals surface area (Å²) < 4.78 is 0. The van der Waals surface area contributed by atoms with Gasteiger partial charge in [0.05, 0.1) is 5.69 Å². The van der Waals surface area contributed by atoms with Crippen molar-refractivity contribution in [1.82, 2.24) is 4.98 Å². The molecule has 0 radical (unpaired) electrons. The predicted octanol–water partition coefficient (Wildman–Crippen LogP) is 3.79. The quantitative estimate of drug-likeness (QED) is 0.782. The van der Waals surface area contributed by atoms with Crippen molar-refractivity contribution in [3.05, 3.63) is 36.2 Å². The minimum absolute atomic E-state index is 0.0689. The molecular formula is C16H23NO2. The molecule has 3 nitrogen and oxygen atoms in total. The molecular weight excluding hydrogens is 238 g/mol. The van der Waals surface area contributed by atoms with E-state index < -0.39 is 0 Å². The molecule has 3 heteroatoms. The Kier molecular flexibility index (Phi) is 8.34. The van der Waals surface area contributed by atoms with E-state index in [1.807, 2.05) is 26.0 Å². The Labute approximate surface area is 115 Å². The lowest BCUT2D eigenvalue weighted by Gasteiger charge is -2.13. The summed E-state index contributed by atoms with van der Waals surface area (Å²) in [5.74, 6) is -0.0587. The molecule has 0 saturated carbocycles. The highest BCUT2D eigenvalue weighted by Crippen LogP contribution is 2.22. The Morgan fingerprint density at radius 1 is 1.32 bits per heavy atom. The van der Waals surface area contributed by atoms with Gasteiger partial charge < -0.3 is 4.79 Å². The van der Waals surface area contributed by atoms with Crippen molar-refractivity contribution in [2.24, 2.45) is 0 Å². The number of ketones is 2. The molecule has 0 aromatic carbocycles. The molecule has 1 aromatic heterocycles. The van der Waals surface area contributed by atoms with Crippen molar-refractivity contribution >= 4 is 17.6 Å². The van der Waals surface area contributed by atoms with Gasteiger partial charge >= 0.3 is 0 Å². The Balaban J connectivity index is 0.00000154. The van der Waals surface area contributed by atoms with Crippen LogP contribution in [0.4, 0.5) is 0 Å². The monoisotopic (exact) mass is 261 g/mol. The SMILES string of the molecule is C=Cc1ccc(C(CCC(C)=O)C(C)=O)cn1.CC. The standard InChI is InChI=1S/C14H17NO2.C2H6/c1-4-13-7-6-12(9-15-13)14(11(3)17)8-5-10(2)16;1-2/h4,6-7,9,14H,1,5,8H2,2-3H3;1-2H3. The molecule has 1 atom stereocenters. The molecule has 0 aliphatic carbocycles. The van der Waals surface area contributed by atoms with Crippen molar-refractivity contribution in [3.8, 4) is 0 Å². The summed E-state index contributed by atoms with van der Waals surface area (Å²) in [5.41, 5.74) is 1.65. The summed E-state index contributed by atoms with van der Waals surface area (Å²) in [6.45, 7) is 10.7. The van der Waals surface area contributed by atoms with Gasteiger partial charge in [-0.15, -0.1) is 0 Å². The molecule has 0 aliphatic heterocycles. The smallest absolute Gasteiger partial charge is 0.137 e. The minimum Gasteiger partial charge on any atom is -0.300 e. The van der Waals surface area contributed by atoms with E-state index in [-0.39, 0.29) is 17.5 Å². The minimum atomic E-state index is -0.231. The maximum atomic E-state index is 11.6. The molecule has 0 fully saturated rings. The second-order valence-electron chi connectivity index (χ2n) is 4.12. The Hall–Kier alpha value is -1.77. The van der Waals surface area contributed by atoms with Gasteiger partial charge in [-0.1, -0.05) is 26.5 Å². The lowest BCUT2D eigenvalue weighted by Crippen LogP contribution is -2.11. The largest absolute Gasteiger partial charge is 0.300 e. The van der Waals surface area contributed by atoms with Gasteiger partial charge in [0.25, 0.3) is 0 Å². The summed E-state index contributed by atoms with van der Waals surface area (Å²) in [6, 6.07) is 3.70. The van der Waals surface area contributed by atoms with E-state index in [0.29, 0.717) is 12.8 Å². The third kappa shape index (κ3) is 6.09. The number of Topliss-reactive ketones (excluding diaryl/α,β-unsaturated/α-hetero) is 2. The molecule has 1 unspecified atom stereocenters. The van der Waals surface area contributed by atoms with Crippen LogP contribution in [0.25, 0.3) is 6.08 Å². The number of aromatic nitrogens is 1. The number of hydrogen-bond acceptors (Lipinski definition) is 3. The number of rotatable bonds is 6. The Morgan fingerprint density at radius 2 is 1.95 bits per heavy atom. The van der Waals surface area contributed by atoms with Gasteiger partial charge in [-0.25, -0.2) is 0 Å². The zero-order valence-corrected chi connectivity index (χ0v) is 12.3. The first-order valence-electron chi connectivity index (χ1n) is 6.63. The highest BCUT2D eigenvalue weighted by Gasteiger charge is 2.17. The van der Waals surface area contributed by atoms with Crippen LogP contribution in [-0.2, 0) is 9.59 Å². The predicted molar refractivity (Wildman–Crippen MR) is 79.0 cm³/mol. The van der Waals surface area contributed by atoms with Crippen LogP contribution < -0.4 is 0 Å². The van der Waals surface area contributed by atoms with Gasteiger partial charge in [0, 0.05) is 18.5 Å². The summed E-state index contributed by atoms with van der Waals surface area (Å²) in [7, 11) is 0. The average molecular weight is 261 g/mol. The summed E-state index contributed by atoms with van der Waals surface area (Å²) >= 11 is 0. The molecule has 0 spiro atoms. The van der Waals surface area contributed by atoms with Crippen LogP contribution in [0, 0.1) is 0 Å². The number of nitrogens with zero attached hydrogens (tertiary/aromatic N) is 1. The third-order valence-corrected chi connectivity index (χ3v) is 2.70. The first-order chi connectivity index (χ1) is 9.04. The topological polar surface area (TPSA) is 47.0 Å². The van der Waals surface area contributed by atoms with Crippen LogP contribution >= 0.6 is 0 Å². The number of carbonyl (C=O) groups excluding carboxylic acids is 2. The van der Waals surface area contributed by atoms with Gasteiger partial charge in [-0.2, -0.15) is 0 Å². The van der Waals surface area contributed by atoms with Crippen molar-refractivity contribution in [2.75, 3.05) is 0 Å². The van der Waals surface area contributed by atoms with E-state index in [1.54, 1.807) is 19.2 Å². The fourth-order valence-corrected chi connectivity index (χ4v) is 1.70. The van der Waals surface area contributed by atoms with Crippen LogP contribution in [0.5, 0.6) is 0 Å². The lowest BCUT2D eigenvalue weighted by atomic mass is 9.91. The number of hydrogen-bond donors (Lipinski definition) is 0. The summed E-state index contributed by atoms with van der Waals surface area (Å²) in [5, 5.41) is 0. The van der Waals surface area contributed by atoms with Crippen molar-refractivity contribution in [2.45, 2.75) is 46.5 Å². The fourth-order valence-electron chi connectivity index (χ4n) is 1.70. The first-order valence-corrected chi connectivity index (χ1v) is 6.63. The first kappa shape index (κ1) is 17.2. The Morgan fingerprint density at radius 3 is 2.32 bits per heavy atom. The van der Waals surface area contributed by atoms with Gasteiger partial charge in [-0.05, 0) is 38.0 Å². The van der Waals surface area contributed by atoms with Crippen LogP contribution in [0.1, 0.15) is 57.7 Å². The maximum Gasteiger partial charge on any atom is 0.137 e. The number of pyridine rings is 1. The van der Waals surface area contributed by atoms with E-state index in [1.165, 1.54) is 6.92 Å². The highest BCUT2D eigenvalue weighted by molar-refractivity contribution is 5.84. The molecule has 104 valence electrons. The van der Waals surface area contributed by atoms with Gasteiger partial charge in [0.15, 0.2) is 0 Å². The van der Waals surface area contributed by atoms with Gasteiger partial charge in [0.2, 0.25) is 0 Å².